The van der Waals surface area contributed by atoms with Crippen LogP contribution in [0.4, 0.5) is 0 Å². The second kappa shape index (κ2) is 6.68. The third-order valence-corrected chi connectivity index (χ3v) is 3.72. The molecule has 106 valence electrons. The van der Waals surface area contributed by atoms with E-state index in [1.807, 2.05) is 6.92 Å². The van der Waals surface area contributed by atoms with Crippen LogP contribution in [0.25, 0.3) is 0 Å². The number of aromatic nitrogens is 3. The first-order chi connectivity index (χ1) is 9.26. The van der Waals surface area contributed by atoms with Gasteiger partial charge in [0.05, 0.1) is 6.61 Å². The molecule has 5 heteroatoms. The minimum absolute atomic E-state index is 0.207. The van der Waals surface area contributed by atoms with Gasteiger partial charge in [-0.05, 0) is 26.2 Å². The molecule has 1 heterocycles. The van der Waals surface area contributed by atoms with Gasteiger partial charge in [-0.2, -0.15) is 5.10 Å². The first-order valence-electron chi connectivity index (χ1n) is 7.35. The van der Waals surface area contributed by atoms with Gasteiger partial charge >= 0.3 is 5.97 Å². The third kappa shape index (κ3) is 3.33. The number of nitrogens with one attached hydrogen (secondary N) is 1. The number of carbonyl (C=O) groups is 1. The molecule has 0 spiro atoms. The summed E-state index contributed by atoms with van der Waals surface area (Å²) < 4.78 is 5.11. The lowest BCUT2D eigenvalue weighted by Crippen LogP contribution is -2.17. The molecule has 1 fully saturated rings. The van der Waals surface area contributed by atoms with E-state index in [2.05, 4.69) is 22.1 Å². The Kier molecular flexibility index (Phi) is 4.93. The van der Waals surface area contributed by atoms with Crippen LogP contribution in [0.1, 0.15) is 75.9 Å². The van der Waals surface area contributed by atoms with E-state index in [9.17, 15) is 4.79 Å². The molecule has 5 nitrogen and oxygen atoms in total. The van der Waals surface area contributed by atoms with Crippen LogP contribution >= 0.6 is 0 Å². The van der Waals surface area contributed by atoms with E-state index < -0.39 is 0 Å². The minimum atomic E-state index is -0.323. The van der Waals surface area contributed by atoms with Crippen molar-refractivity contribution >= 4 is 5.97 Å². The molecule has 1 aromatic heterocycles. The van der Waals surface area contributed by atoms with Gasteiger partial charge in [-0.1, -0.05) is 26.2 Å². The van der Waals surface area contributed by atoms with Gasteiger partial charge in [0.2, 0.25) is 0 Å². The van der Waals surface area contributed by atoms with Crippen LogP contribution in [0, 0.1) is 0 Å². The average Bonchev–Trinajstić information content (AvgIpc) is 3.06. The molecule has 0 radical (unpaired) electrons. The zero-order valence-electron chi connectivity index (χ0n) is 11.8. The van der Waals surface area contributed by atoms with E-state index in [1.165, 1.54) is 25.7 Å². The van der Waals surface area contributed by atoms with Crippen LogP contribution < -0.4 is 0 Å². The van der Waals surface area contributed by atoms with Crippen LogP contribution in [0.15, 0.2) is 0 Å². The number of carbonyl (C=O) groups excluding carboxylic acids is 1. The maximum Gasteiger partial charge on any atom is 0.316 e. The first-order valence-corrected chi connectivity index (χ1v) is 7.35. The Balaban J connectivity index is 2.10. The molecule has 19 heavy (non-hydrogen) atoms. The van der Waals surface area contributed by atoms with Gasteiger partial charge < -0.3 is 4.74 Å². The smallest absolute Gasteiger partial charge is 0.316 e. The van der Waals surface area contributed by atoms with Crippen molar-refractivity contribution in [2.75, 3.05) is 6.61 Å². The van der Waals surface area contributed by atoms with E-state index in [1.54, 1.807) is 0 Å². The average molecular weight is 265 g/mol. The van der Waals surface area contributed by atoms with Crippen molar-refractivity contribution in [2.24, 2.45) is 0 Å². The van der Waals surface area contributed by atoms with Crippen molar-refractivity contribution in [2.45, 2.75) is 64.2 Å². The highest BCUT2D eigenvalue weighted by Gasteiger charge is 2.27. The van der Waals surface area contributed by atoms with E-state index in [4.69, 9.17) is 4.74 Å². The fraction of sp³-hybridized carbons (Fsp3) is 0.786. The first kappa shape index (κ1) is 14.0. The largest absolute Gasteiger partial charge is 0.465 e. The molecule has 2 rings (SSSR count). The number of ether oxygens (including phenoxy) is 1. The van der Waals surface area contributed by atoms with Crippen molar-refractivity contribution in [3.63, 3.8) is 0 Å². The maximum atomic E-state index is 11.9. The lowest BCUT2D eigenvalue weighted by molar-refractivity contribution is -0.145. The fourth-order valence-electron chi connectivity index (χ4n) is 2.71. The molecule has 1 aliphatic carbocycles. The number of hydrogen-bond donors (Lipinski definition) is 1. The van der Waals surface area contributed by atoms with Gasteiger partial charge in [0, 0.05) is 5.92 Å². The summed E-state index contributed by atoms with van der Waals surface area (Å²) in [6.45, 7) is 4.28. The van der Waals surface area contributed by atoms with Gasteiger partial charge in [-0.15, -0.1) is 0 Å². The molecule has 0 bridgehead atoms. The van der Waals surface area contributed by atoms with Gasteiger partial charge in [0.25, 0.3) is 0 Å². The number of H-pyrrole nitrogens is 1. The molecule has 0 aliphatic heterocycles. The number of aromatic amines is 1. The van der Waals surface area contributed by atoms with Crippen molar-refractivity contribution in [3.05, 3.63) is 11.6 Å². The summed E-state index contributed by atoms with van der Waals surface area (Å²) in [5.74, 6) is 1.50. The molecule has 1 aromatic rings. The summed E-state index contributed by atoms with van der Waals surface area (Å²) >= 11 is 0. The van der Waals surface area contributed by atoms with Crippen LogP contribution in [-0.4, -0.2) is 27.8 Å². The molecule has 1 saturated carbocycles. The number of nitrogens with zero attached hydrogens (tertiary/aromatic N) is 2. The molecule has 1 N–H and O–H groups in total. The second-order valence-corrected chi connectivity index (χ2v) is 5.15. The highest BCUT2D eigenvalue weighted by atomic mass is 16.5. The Hall–Kier alpha value is -1.39. The monoisotopic (exact) mass is 265 g/mol. The van der Waals surface area contributed by atoms with Crippen LogP contribution in [-0.2, 0) is 9.53 Å². The summed E-state index contributed by atoms with van der Waals surface area (Å²) in [7, 11) is 0. The van der Waals surface area contributed by atoms with E-state index in [-0.39, 0.29) is 11.9 Å². The predicted octanol–water partition coefficient (Wildman–Crippen LogP) is 2.91. The standard InChI is InChI=1S/C14H23N3O2/c1-3-7-11(14(18)19-4-2)13-15-12(16-17-13)10-8-5-6-9-10/h10-11H,3-9H2,1-2H3,(H,15,16,17). The Morgan fingerprint density at radius 2 is 2.16 bits per heavy atom. The number of esters is 1. The molecule has 1 aliphatic rings. The summed E-state index contributed by atoms with van der Waals surface area (Å²) in [6.07, 6.45) is 6.52. The van der Waals surface area contributed by atoms with E-state index in [0.717, 1.165) is 18.7 Å². The van der Waals surface area contributed by atoms with Gasteiger partial charge in [-0.3, -0.25) is 9.89 Å². The Labute approximate surface area is 114 Å². The van der Waals surface area contributed by atoms with Gasteiger partial charge in [-0.25, -0.2) is 4.98 Å². The van der Waals surface area contributed by atoms with Crippen molar-refractivity contribution in [3.8, 4) is 0 Å². The Morgan fingerprint density at radius 3 is 2.79 bits per heavy atom. The lowest BCUT2D eigenvalue weighted by atomic mass is 10.0. The predicted molar refractivity (Wildman–Crippen MR) is 71.9 cm³/mol. The molecule has 0 amide bonds. The highest BCUT2D eigenvalue weighted by Crippen LogP contribution is 2.32. The molecule has 1 unspecified atom stereocenters. The molecule has 0 aromatic carbocycles. The fourth-order valence-corrected chi connectivity index (χ4v) is 2.71. The normalized spacial score (nSPS) is 17.6. The third-order valence-electron chi connectivity index (χ3n) is 3.72. The Morgan fingerprint density at radius 1 is 1.42 bits per heavy atom. The SMILES string of the molecule is CCCC(C(=O)OCC)c1n[nH]c(C2CCCC2)n1. The van der Waals surface area contributed by atoms with E-state index in [0.29, 0.717) is 18.3 Å². The maximum absolute atomic E-state index is 11.9. The Bertz CT molecular complexity index is 411. The zero-order valence-corrected chi connectivity index (χ0v) is 11.8. The molecule has 1 atom stereocenters. The number of rotatable bonds is 6. The zero-order chi connectivity index (χ0) is 13.7. The summed E-state index contributed by atoms with van der Waals surface area (Å²) in [5.41, 5.74) is 0. The van der Waals surface area contributed by atoms with Gasteiger partial charge in [0.1, 0.15) is 11.7 Å². The summed E-state index contributed by atoms with van der Waals surface area (Å²) in [4.78, 5) is 16.5. The molecular formula is C14H23N3O2. The second-order valence-electron chi connectivity index (χ2n) is 5.15. The topological polar surface area (TPSA) is 67.9 Å². The quantitative estimate of drug-likeness (QED) is 0.803. The van der Waals surface area contributed by atoms with Crippen molar-refractivity contribution < 1.29 is 9.53 Å². The van der Waals surface area contributed by atoms with Crippen LogP contribution in [0.5, 0.6) is 0 Å². The lowest BCUT2D eigenvalue weighted by Gasteiger charge is -2.11. The minimum Gasteiger partial charge on any atom is -0.465 e. The molecule has 0 saturated heterocycles. The summed E-state index contributed by atoms with van der Waals surface area (Å²) in [6, 6.07) is 0. The van der Waals surface area contributed by atoms with Crippen LogP contribution in [0.3, 0.4) is 0 Å². The molecular weight excluding hydrogens is 242 g/mol. The highest BCUT2D eigenvalue weighted by molar-refractivity contribution is 5.76. The summed E-state index contributed by atoms with van der Waals surface area (Å²) in [5, 5.41) is 7.26. The van der Waals surface area contributed by atoms with Gasteiger partial charge in [0.15, 0.2) is 5.82 Å². The number of hydrogen-bond acceptors (Lipinski definition) is 4. The van der Waals surface area contributed by atoms with Crippen LogP contribution in [0.2, 0.25) is 0 Å². The van der Waals surface area contributed by atoms with Crippen molar-refractivity contribution in [1.82, 2.24) is 15.2 Å². The van der Waals surface area contributed by atoms with E-state index >= 15 is 0 Å². The van der Waals surface area contributed by atoms with Crippen molar-refractivity contribution in [1.29, 1.82) is 0 Å².